The van der Waals surface area contributed by atoms with Crippen LogP contribution in [0.2, 0.25) is 0 Å². The van der Waals surface area contributed by atoms with E-state index in [-0.39, 0.29) is 0 Å². The number of rotatable bonds is 3. The molecule has 1 aliphatic heterocycles. The lowest BCUT2D eigenvalue weighted by atomic mass is 9.81. The first-order valence-electron chi connectivity index (χ1n) is 7.92. The van der Waals surface area contributed by atoms with Gasteiger partial charge in [-0.25, -0.2) is 0 Å². The van der Waals surface area contributed by atoms with Crippen molar-refractivity contribution in [2.45, 2.75) is 57.1 Å². The number of morpholine rings is 1. The lowest BCUT2D eigenvalue weighted by molar-refractivity contribution is -0.0621. The van der Waals surface area contributed by atoms with Crippen molar-refractivity contribution in [3.63, 3.8) is 0 Å². The molecule has 0 bridgehead atoms. The van der Waals surface area contributed by atoms with Gasteiger partial charge in [0.15, 0.2) is 0 Å². The largest absolute Gasteiger partial charge is 0.375 e. The molecule has 1 saturated heterocycles. The fourth-order valence-electron chi connectivity index (χ4n) is 4.21. The predicted octanol–water partition coefficient (Wildman–Crippen LogP) is 2.00. The zero-order valence-electron chi connectivity index (χ0n) is 11.5. The average molecular weight is 252 g/mol. The predicted molar refractivity (Wildman–Crippen MR) is 73.5 cm³/mol. The number of hydrogen-bond donors (Lipinski definition) is 1. The number of nitrogens with zero attached hydrogens (tertiary/aromatic N) is 1. The summed E-state index contributed by atoms with van der Waals surface area (Å²) in [5, 5.41) is 0. The van der Waals surface area contributed by atoms with Gasteiger partial charge in [0.2, 0.25) is 0 Å². The monoisotopic (exact) mass is 252 g/mol. The van der Waals surface area contributed by atoms with Crippen molar-refractivity contribution in [1.29, 1.82) is 0 Å². The van der Waals surface area contributed by atoms with E-state index in [1.807, 2.05) is 0 Å². The van der Waals surface area contributed by atoms with E-state index in [9.17, 15) is 0 Å². The molecule has 2 atom stereocenters. The molecule has 18 heavy (non-hydrogen) atoms. The normalized spacial score (nSPS) is 41.8. The molecule has 3 rings (SSSR count). The summed E-state index contributed by atoms with van der Waals surface area (Å²) in [4.78, 5) is 2.74. The summed E-state index contributed by atoms with van der Waals surface area (Å²) in [5.41, 5.74) is 5.78. The van der Waals surface area contributed by atoms with Gasteiger partial charge in [-0.3, -0.25) is 4.90 Å². The second-order valence-electron chi connectivity index (χ2n) is 6.52. The number of fused-ring (bicyclic) bond motifs is 1. The zero-order chi connectivity index (χ0) is 12.4. The molecule has 0 radical (unpaired) electrons. The summed E-state index contributed by atoms with van der Waals surface area (Å²) in [7, 11) is 0. The second kappa shape index (κ2) is 5.89. The molecule has 104 valence electrons. The van der Waals surface area contributed by atoms with Crippen LogP contribution in [-0.2, 0) is 4.74 Å². The van der Waals surface area contributed by atoms with Gasteiger partial charge >= 0.3 is 0 Å². The highest BCUT2D eigenvalue weighted by Crippen LogP contribution is 2.33. The highest BCUT2D eigenvalue weighted by atomic mass is 16.5. The lowest BCUT2D eigenvalue weighted by Crippen LogP contribution is -2.50. The SMILES string of the molecule is NCC1CCC(CN2CCOC3CCCC32)CC1. The van der Waals surface area contributed by atoms with Crippen LogP contribution in [0.25, 0.3) is 0 Å². The Kier molecular flexibility index (Phi) is 4.22. The molecule has 3 nitrogen and oxygen atoms in total. The summed E-state index contributed by atoms with van der Waals surface area (Å²) < 4.78 is 5.90. The zero-order valence-corrected chi connectivity index (χ0v) is 11.5. The highest BCUT2D eigenvalue weighted by Gasteiger charge is 2.37. The molecule has 0 aromatic heterocycles. The van der Waals surface area contributed by atoms with Crippen molar-refractivity contribution in [3.8, 4) is 0 Å². The molecule has 0 amide bonds. The first-order chi connectivity index (χ1) is 8.86. The summed E-state index contributed by atoms with van der Waals surface area (Å²) in [6.07, 6.45) is 10.1. The first kappa shape index (κ1) is 12.9. The first-order valence-corrected chi connectivity index (χ1v) is 7.92. The smallest absolute Gasteiger partial charge is 0.0730 e. The van der Waals surface area contributed by atoms with E-state index in [1.54, 1.807) is 0 Å². The van der Waals surface area contributed by atoms with Crippen molar-refractivity contribution < 1.29 is 4.74 Å². The molecule has 0 aromatic carbocycles. The van der Waals surface area contributed by atoms with Crippen molar-refractivity contribution in [2.24, 2.45) is 17.6 Å². The molecule has 3 fully saturated rings. The Morgan fingerprint density at radius 3 is 2.56 bits per heavy atom. The van der Waals surface area contributed by atoms with Crippen molar-refractivity contribution >= 4 is 0 Å². The molecule has 3 heteroatoms. The minimum atomic E-state index is 0.555. The molecule has 2 N–H and O–H groups in total. The third kappa shape index (κ3) is 2.73. The second-order valence-corrected chi connectivity index (χ2v) is 6.52. The Balaban J connectivity index is 1.50. The Morgan fingerprint density at radius 1 is 1.00 bits per heavy atom. The van der Waals surface area contributed by atoms with Crippen molar-refractivity contribution in [1.82, 2.24) is 4.90 Å². The van der Waals surface area contributed by atoms with E-state index in [1.165, 1.54) is 51.5 Å². The maximum atomic E-state index is 5.90. The van der Waals surface area contributed by atoms with Gasteiger partial charge in [0.05, 0.1) is 12.7 Å². The van der Waals surface area contributed by atoms with Gasteiger partial charge < -0.3 is 10.5 Å². The highest BCUT2D eigenvalue weighted by molar-refractivity contribution is 4.90. The minimum Gasteiger partial charge on any atom is -0.375 e. The van der Waals surface area contributed by atoms with Gasteiger partial charge in [0, 0.05) is 19.1 Å². The quantitative estimate of drug-likeness (QED) is 0.835. The van der Waals surface area contributed by atoms with Crippen molar-refractivity contribution in [2.75, 3.05) is 26.2 Å². The topological polar surface area (TPSA) is 38.5 Å². The maximum Gasteiger partial charge on any atom is 0.0730 e. The maximum absolute atomic E-state index is 5.90. The molecule has 2 unspecified atom stereocenters. The van der Waals surface area contributed by atoms with Gasteiger partial charge in [-0.2, -0.15) is 0 Å². The fourth-order valence-corrected chi connectivity index (χ4v) is 4.21. The summed E-state index contributed by atoms with van der Waals surface area (Å²) in [5.74, 6) is 1.73. The van der Waals surface area contributed by atoms with E-state index in [0.29, 0.717) is 6.10 Å². The van der Waals surface area contributed by atoms with Crippen molar-refractivity contribution in [3.05, 3.63) is 0 Å². The third-order valence-electron chi connectivity index (χ3n) is 5.39. The average Bonchev–Trinajstić information content (AvgIpc) is 2.89. The van der Waals surface area contributed by atoms with E-state index >= 15 is 0 Å². The van der Waals surface area contributed by atoms with Crippen LogP contribution in [0.3, 0.4) is 0 Å². The van der Waals surface area contributed by atoms with Crippen LogP contribution < -0.4 is 5.73 Å². The molecular formula is C15H28N2O. The molecule has 0 aromatic rings. The van der Waals surface area contributed by atoms with Crippen LogP contribution in [-0.4, -0.2) is 43.3 Å². The summed E-state index contributed by atoms with van der Waals surface area (Å²) in [6, 6.07) is 0.742. The Morgan fingerprint density at radius 2 is 1.78 bits per heavy atom. The van der Waals surface area contributed by atoms with Gasteiger partial charge in [-0.1, -0.05) is 0 Å². The van der Waals surface area contributed by atoms with E-state index in [2.05, 4.69) is 4.90 Å². The van der Waals surface area contributed by atoms with E-state index in [4.69, 9.17) is 10.5 Å². The van der Waals surface area contributed by atoms with Crippen LogP contribution >= 0.6 is 0 Å². The molecular weight excluding hydrogens is 224 g/mol. The van der Waals surface area contributed by atoms with Crippen LogP contribution in [0.5, 0.6) is 0 Å². The molecule has 0 spiro atoms. The lowest BCUT2D eigenvalue weighted by Gasteiger charge is -2.40. The third-order valence-corrected chi connectivity index (χ3v) is 5.39. The van der Waals surface area contributed by atoms with Gasteiger partial charge in [0.1, 0.15) is 0 Å². The van der Waals surface area contributed by atoms with Crippen LogP contribution in [0.15, 0.2) is 0 Å². The Bertz CT molecular complexity index is 263. The molecule has 2 aliphatic carbocycles. The van der Waals surface area contributed by atoms with E-state index in [0.717, 1.165) is 37.6 Å². The number of ether oxygens (including phenoxy) is 1. The van der Waals surface area contributed by atoms with Crippen LogP contribution in [0, 0.1) is 11.8 Å². The van der Waals surface area contributed by atoms with Gasteiger partial charge in [-0.05, 0) is 63.3 Å². The number of nitrogens with two attached hydrogens (primary N) is 1. The molecule has 3 aliphatic rings. The number of hydrogen-bond acceptors (Lipinski definition) is 3. The summed E-state index contributed by atoms with van der Waals surface area (Å²) in [6.45, 7) is 4.34. The summed E-state index contributed by atoms with van der Waals surface area (Å²) >= 11 is 0. The van der Waals surface area contributed by atoms with Crippen LogP contribution in [0.4, 0.5) is 0 Å². The Hall–Kier alpha value is -0.120. The van der Waals surface area contributed by atoms with Gasteiger partial charge in [-0.15, -0.1) is 0 Å². The fraction of sp³-hybridized carbons (Fsp3) is 1.00. The molecule has 1 heterocycles. The Labute approximate surface area is 111 Å². The van der Waals surface area contributed by atoms with Crippen LogP contribution in [0.1, 0.15) is 44.9 Å². The molecule has 2 saturated carbocycles. The van der Waals surface area contributed by atoms with E-state index < -0.39 is 0 Å². The van der Waals surface area contributed by atoms with Gasteiger partial charge in [0.25, 0.3) is 0 Å². The standard InChI is InChI=1S/C15H28N2O/c16-10-12-4-6-13(7-5-12)11-17-8-9-18-15-3-1-2-14(15)17/h12-15H,1-11,16H2. The minimum absolute atomic E-state index is 0.555.